The van der Waals surface area contributed by atoms with E-state index in [1.165, 1.54) is 0 Å². The minimum Gasteiger partial charge on any atom is -0.399 e. The van der Waals surface area contributed by atoms with Gasteiger partial charge in [-0.2, -0.15) is 9.97 Å². The number of morpholine rings is 1. The maximum absolute atomic E-state index is 9.15. The first-order chi connectivity index (χ1) is 14.7. The average molecular weight is 412 g/mol. The zero-order valence-corrected chi connectivity index (χ0v) is 16.9. The van der Waals surface area contributed by atoms with Crippen molar-refractivity contribution in [1.82, 2.24) is 24.4 Å². The second-order valence-corrected chi connectivity index (χ2v) is 7.21. The Labute approximate surface area is 175 Å². The van der Waals surface area contributed by atoms with Gasteiger partial charge in [-0.25, -0.2) is 4.98 Å². The molecule has 0 spiro atoms. The zero-order chi connectivity index (χ0) is 20.8. The molecule has 3 aromatic rings. The van der Waals surface area contributed by atoms with Crippen molar-refractivity contribution in [2.75, 3.05) is 62.4 Å². The third-order valence-corrected chi connectivity index (χ3v) is 5.06. The summed E-state index contributed by atoms with van der Waals surface area (Å²) in [7, 11) is 0. The predicted molar refractivity (Wildman–Crippen MR) is 116 cm³/mol. The van der Waals surface area contributed by atoms with Crippen LogP contribution in [-0.2, 0) is 17.8 Å². The number of fused-ring (bicyclic) bond motifs is 1. The van der Waals surface area contributed by atoms with E-state index in [9.17, 15) is 0 Å². The van der Waals surface area contributed by atoms with Crippen molar-refractivity contribution in [3.63, 3.8) is 0 Å². The van der Waals surface area contributed by atoms with Crippen molar-refractivity contribution in [3.05, 3.63) is 36.2 Å². The van der Waals surface area contributed by atoms with Gasteiger partial charge >= 0.3 is 0 Å². The Kier molecular flexibility index (Phi) is 6.57. The second kappa shape index (κ2) is 9.70. The fourth-order valence-corrected chi connectivity index (χ4v) is 3.37. The molecule has 10 heteroatoms. The minimum absolute atomic E-state index is 0.00584. The molecular formula is C20H28N8O2. The van der Waals surface area contributed by atoms with Gasteiger partial charge in [-0.3, -0.25) is 4.90 Å². The maximum Gasteiger partial charge on any atom is 0.226 e. The van der Waals surface area contributed by atoms with E-state index in [4.69, 9.17) is 15.6 Å². The van der Waals surface area contributed by atoms with Crippen LogP contribution in [0, 0.1) is 0 Å². The summed E-state index contributed by atoms with van der Waals surface area (Å²) in [6, 6.07) is 7.71. The summed E-state index contributed by atoms with van der Waals surface area (Å²) in [5.41, 5.74) is 9.08. The van der Waals surface area contributed by atoms with Gasteiger partial charge in [-0.15, -0.1) is 0 Å². The molecule has 0 bridgehead atoms. The van der Waals surface area contributed by atoms with Crippen LogP contribution in [0.4, 0.5) is 17.5 Å². The summed E-state index contributed by atoms with van der Waals surface area (Å²) in [4.78, 5) is 16.1. The molecule has 0 saturated carbocycles. The predicted octanol–water partition coefficient (Wildman–Crippen LogP) is 0.757. The van der Waals surface area contributed by atoms with Crippen molar-refractivity contribution in [2.24, 2.45) is 0 Å². The van der Waals surface area contributed by atoms with Crippen LogP contribution in [-0.4, -0.2) is 75.5 Å². The van der Waals surface area contributed by atoms with Crippen molar-refractivity contribution in [1.29, 1.82) is 0 Å². The normalized spacial score (nSPS) is 14.8. The molecule has 0 aliphatic carbocycles. The molecule has 0 atom stereocenters. The van der Waals surface area contributed by atoms with E-state index in [2.05, 4.69) is 30.5 Å². The second-order valence-electron chi connectivity index (χ2n) is 7.21. The summed E-state index contributed by atoms with van der Waals surface area (Å²) in [5.74, 6) is 1.12. The van der Waals surface area contributed by atoms with Gasteiger partial charge in [0.05, 0.1) is 26.1 Å². The van der Waals surface area contributed by atoms with E-state index in [0.717, 1.165) is 61.8 Å². The molecule has 3 heterocycles. The van der Waals surface area contributed by atoms with Gasteiger partial charge in [0.15, 0.2) is 17.0 Å². The topological polar surface area (TPSA) is 126 Å². The fraction of sp³-hybridized carbons (Fsp3) is 0.450. The molecule has 0 amide bonds. The lowest BCUT2D eigenvalue weighted by Gasteiger charge is -2.26. The van der Waals surface area contributed by atoms with E-state index in [-0.39, 0.29) is 6.61 Å². The summed E-state index contributed by atoms with van der Waals surface area (Å²) in [6.45, 7) is 6.11. The van der Waals surface area contributed by atoms with Crippen LogP contribution in [0.1, 0.15) is 5.56 Å². The molecule has 1 saturated heterocycles. The highest BCUT2D eigenvalue weighted by atomic mass is 16.5. The van der Waals surface area contributed by atoms with Gasteiger partial charge in [0, 0.05) is 45.0 Å². The number of nitrogen functional groups attached to an aromatic ring is 1. The van der Waals surface area contributed by atoms with Gasteiger partial charge in [-0.05, 0) is 17.7 Å². The van der Waals surface area contributed by atoms with Gasteiger partial charge < -0.3 is 30.8 Å². The third kappa shape index (κ3) is 4.96. The fourth-order valence-electron chi connectivity index (χ4n) is 3.37. The Balaban J connectivity index is 1.54. The molecule has 1 aliphatic rings. The molecule has 4 rings (SSSR count). The number of hydrogen-bond acceptors (Lipinski definition) is 9. The number of rotatable bonds is 9. The Morgan fingerprint density at radius 3 is 2.63 bits per heavy atom. The minimum atomic E-state index is 0.00584. The van der Waals surface area contributed by atoms with E-state index in [1.54, 1.807) is 0 Å². The number of anilines is 3. The van der Waals surface area contributed by atoms with Crippen LogP contribution in [0.25, 0.3) is 11.2 Å². The summed E-state index contributed by atoms with van der Waals surface area (Å²) >= 11 is 0. The van der Waals surface area contributed by atoms with Gasteiger partial charge in [-0.1, -0.05) is 12.1 Å². The van der Waals surface area contributed by atoms with Gasteiger partial charge in [0.2, 0.25) is 5.95 Å². The molecule has 1 aromatic carbocycles. The molecular weight excluding hydrogens is 384 g/mol. The molecule has 30 heavy (non-hydrogen) atoms. The number of aliphatic hydroxyl groups excluding tert-OH is 1. The molecule has 160 valence electrons. The summed E-state index contributed by atoms with van der Waals surface area (Å²) in [6.07, 6.45) is 1.81. The first-order valence-corrected chi connectivity index (χ1v) is 10.2. The Hall–Kier alpha value is -2.95. The van der Waals surface area contributed by atoms with Crippen LogP contribution in [0.15, 0.2) is 30.6 Å². The van der Waals surface area contributed by atoms with Crippen molar-refractivity contribution in [2.45, 2.75) is 13.1 Å². The molecule has 1 aliphatic heterocycles. The van der Waals surface area contributed by atoms with Crippen molar-refractivity contribution >= 4 is 28.6 Å². The highest BCUT2D eigenvalue weighted by Gasteiger charge is 2.15. The number of benzene rings is 1. The first-order valence-electron chi connectivity index (χ1n) is 10.2. The number of aliphatic hydroxyl groups is 1. The molecule has 1 fully saturated rings. The van der Waals surface area contributed by atoms with Crippen molar-refractivity contribution < 1.29 is 9.84 Å². The van der Waals surface area contributed by atoms with Crippen LogP contribution in [0.5, 0.6) is 0 Å². The SMILES string of the molecule is Nc1ccc(CNc2nc(NCCO)nc3c2ncn3CCN2CCOCC2)cc1. The Morgan fingerprint density at radius 1 is 1.07 bits per heavy atom. The van der Waals surface area contributed by atoms with Gasteiger partial charge in [0.1, 0.15) is 0 Å². The third-order valence-electron chi connectivity index (χ3n) is 5.06. The number of nitrogens with one attached hydrogen (secondary N) is 2. The van der Waals surface area contributed by atoms with E-state index in [0.29, 0.717) is 24.9 Å². The smallest absolute Gasteiger partial charge is 0.226 e. The van der Waals surface area contributed by atoms with E-state index < -0.39 is 0 Å². The Morgan fingerprint density at radius 2 is 1.87 bits per heavy atom. The maximum atomic E-state index is 9.15. The van der Waals surface area contributed by atoms with Crippen LogP contribution in [0.2, 0.25) is 0 Å². The average Bonchev–Trinajstić information content (AvgIpc) is 3.19. The van der Waals surface area contributed by atoms with Crippen LogP contribution >= 0.6 is 0 Å². The largest absolute Gasteiger partial charge is 0.399 e. The number of ether oxygens (including phenoxy) is 1. The molecule has 0 radical (unpaired) electrons. The highest BCUT2D eigenvalue weighted by molar-refractivity contribution is 5.84. The lowest BCUT2D eigenvalue weighted by Crippen LogP contribution is -2.38. The molecule has 5 N–H and O–H groups in total. The summed E-state index contributed by atoms with van der Waals surface area (Å²) < 4.78 is 7.47. The quantitative estimate of drug-likeness (QED) is 0.377. The molecule has 2 aromatic heterocycles. The van der Waals surface area contributed by atoms with Crippen LogP contribution in [0.3, 0.4) is 0 Å². The van der Waals surface area contributed by atoms with E-state index in [1.807, 2.05) is 35.2 Å². The monoisotopic (exact) mass is 412 g/mol. The number of aromatic nitrogens is 4. The standard InChI is InChI=1S/C20H28N8O2/c21-16-3-1-15(2-4-16)13-23-18-17-19(26-20(25-18)22-5-10-29)28(14-24-17)7-6-27-8-11-30-12-9-27/h1-4,14,29H,5-13,21H2,(H2,22,23,25,26). The zero-order valence-electron chi connectivity index (χ0n) is 16.9. The molecule has 10 nitrogen and oxygen atoms in total. The molecule has 0 unspecified atom stereocenters. The highest BCUT2D eigenvalue weighted by Crippen LogP contribution is 2.22. The lowest BCUT2D eigenvalue weighted by molar-refractivity contribution is 0.0365. The number of imidazole rings is 1. The Bertz CT molecular complexity index is 953. The summed E-state index contributed by atoms with van der Waals surface area (Å²) in [5, 5.41) is 15.6. The lowest BCUT2D eigenvalue weighted by atomic mass is 10.2. The van der Waals surface area contributed by atoms with Crippen molar-refractivity contribution in [3.8, 4) is 0 Å². The van der Waals surface area contributed by atoms with E-state index >= 15 is 0 Å². The van der Waals surface area contributed by atoms with Gasteiger partial charge in [0.25, 0.3) is 0 Å². The number of nitrogens with zero attached hydrogens (tertiary/aromatic N) is 5. The van der Waals surface area contributed by atoms with Crippen LogP contribution < -0.4 is 16.4 Å². The first kappa shape index (κ1) is 20.3. The number of nitrogens with two attached hydrogens (primary N) is 1. The number of hydrogen-bond donors (Lipinski definition) is 4.